The summed E-state index contributed by atoms with van der Waals surface area (Å²) < 4.78 is 7.32. The molecule has 5 heteroatoms. The lowest BCUT2D eigenvalue weighted by Crippen LogP contribution is -2.17. The molecule has 3 rings (SSSR count). The number of nitrogens with one attached hydrogen (secondary N) is 1. The van der Waals surface area contributed by atoms with Crippen LogP contribution in [-0.2, 0) is 17.9 Å². The molecule has 0 aliphatic carbocycles. The molecule has 26 heavy (non-hydrogen) atoms. The van der Waals surface area contributed by atoms with E-state index in [0.29, 0.717) is 12.2 Å². The molecule has 136 valence electrons. The van der Waals surface area contributed by atoms with Crippen molar-refractivity contribution in [2.45, 2.75) is 13.2 Å². The normalized spacial score (nSPS) is 11.2. The molecule has 0 saturated heterocycles. The van der Waals surface area contributed by atoms with Crippen LogP contribution in [0.2, 0.25) is 0 Å². The van der Waals surface area contributed by atoms with Gasteiger partial charge in [-0.15, -0.1) is 0 Å². The summed E-state index contributed by atoms with van der Waals surface area (Å²) in [7, 11) is 5.80. The molecule has 1 N–H and O–H groups in total. The van der Waals surface area contributed by atoms with Crippen molar-refractivity contribution in [1.82, 2.24) is 9.47 Å². The van der Waals surface area contributed by atoms with Gasteiger partial charge in [0, 0.05) is 48.5 Å². The summed E-state index contributed by atoms with van der Waals surface area (Å²) in [5, 5.41) is 4.10. The maximum Gasteiger partial charge on any atom is 0.255 e. The van der Waals surface area contributed by atoms with Crippen LogP contribution >= 0.6 is 0 Å². The summed E-state index contributed by atoms with van der Waals surface area (Å²) in [6.07, 6.45) is 2.09. The van der Waals surface area contributed by atoms with E-state index >= 15 is 0 Å². The molecule has 0 atom stereocenters. The topological polar surface area (TPSA) is 46.5 Å². The molecule has 0 aliphatic heterocycles. The molecule has 0 spiro atoms. The first-order chi connectivity index (χ1) is 12.6. The minimum atomic E-state index is -0.111. The summed E-state index contributed by atoms with van der Waals surface area (Å²) >= 11 is 0. The third kappa shape index (κ3) is 4.31. The van der Waals surface area contributed by atoms with Crippen LogP contribution in [0.1, 0.15) is 15.9 Å². The van der Waals surface area contributed by atoms with Gasteiger partial charge in [0.15, 0.2) is 0 Å². The summed E-state index contributed by atoms with van der Waals surface area (Å²) in [6, 6.07) is 15.6. The molecular weight excluding hydrogens is 326 g/mol. The standard InChI is InChI=1S/C21H25N3O2/c1-23(2)12-13-24-11-10-18-14-19(8-9-20(18)24)22-21(25)17-6-4-16(5-7-17)15-26-3/h4-11,14H,12-13,15H2,1-3H3,(H,22,25). The van der Waals surface area contributed by atoms with Gasteiger partial charge in [-0.1, -0.05) is 12.1 Å². The van der Waals surface area contributed by atoms with Gasteiger partial charge < -0.3 is 19.5 Å². The Bertz CT molecular complexity index is 882. The van der Waals surface area contributed by atoms with Crippen molar-refractivity contribution in [1.29, 1.82) is 0 Å². The predicted molar refractivity (Wildman–Crippen MR) is 106 cm³/mol. The smallest absolute Gasteiger partial charge is 0.255 e. The van der Waals surface area contributed by atoms with E-state index in [4.69, 9.17) is 4.74 Å². The number of amides is 1. The van der Waals surface area contributed by atoms with Crippen molar-refractivity contribution < 1.29 is 9.53 Å². The van der Waals surface area contributed by atoms with Gasteiger partial charge >= 0.3 is 0 Å². The molecule has 0 bridgehead atoms. The average molecular weight is 351 g/mol. The fourth-order valence-corrected chi connectivity index (χ4v) is 2.90. The number of hydrogen-bond acceptors (Lipinski definition) is 3. The number of carbonyl (C=O) groups is 1. The predicted octanol–water partition coefficient (Wildman–Crippen LogP) is 3.60. The number of rotatable bonds is 7. The van der Waals surface area contributed by atoms with Gasteiger partial charge in [0.05, 0.1) is 6.61 Å². The van der Waals surface area contributed by atoms with E-state index in [1.807, 2.05) is 36.4 Å². The maximum atomic E-state index is 12.4. The SMILES string of the molecule is COCc1ccc(C(=O)Nc2ccc3c(ccn3CCN(C)C)c2)cc1. The van der Waals surface area contributed by atoms with Crippen LogP contribution in [0.15, 0.2) is 54.7 Å². The lowest BCUT2D eigenvalue weighted by molar-refractivity contribution is 0.102. The first-order valence-corrected chi connectivity index (χ1v) is 8.69. The Morgan fingerprint density at radius 1 is 1.12 bits per heavy atom. The van der Waals surface area contributed by atoms with Gasteiger partial charge in [0.2, 0.25) is 0 Å². The highest BCUT2D eigenvalue weighted by Crippen LogP contribution is 2.21. The summed E-state index contributed by atoms with van der Waals surface area (Å²) in [4.78, 5) is 14.6. The van der Waals surface area contributed by atoms with E-state index in [1.54, 1.807) is 7.11 Å². The van der Waals surface area contributed by atoms with Crippen LogP contribution in [0.25, 0.3) is 10.9 Å². The lowest BCUT2D eigenvalue weighted by atomic mass is 10.1. The highest BCUT2D eigenvalue weighted by molar-refractivity contribution is 6.05. The lowest BCUT2D eigenvalue weighted by Gasteiger charge is -2.11. The van der Waals surface area contributed by atoms with Crippen molar-refractivity contribution in [3.8, 4) is 0 Å². The molecule has 0 fully saturated rings. The van der Waals surface area contributed by atoms with Crippen LogP contribution in [0.3, 0.4) is 0 Å². The quantitative estimate of drug-likeness (QED) is 0.707. The van der Waals surface area contributed by atoms with Gasteiger partial charge in [-0.2, -0.15) is 0 Å². The molecule has 0 unspecified atom stereocenters. The third-order valence-electron chi connectivity index (χ3n) is 4.34. The van der Waals surface area contributed by atoms with Crippen molar-refractivity contribution in [3.63, 3.8) is 0 Å². The van der Waals surface area contributed by atoms with Crippen LogP contribution in [0.5, 0.6) is 0 Å². The first-order valence-electron chi connectivity index (χ1n) is 8.69. The fourth-order valence-electron chi connectivity index (χ4n) is 2.90. The number of anilines is 1. The van der Waals surface area contributed by atoms with Crippen molar-refractivity contribution in [2.75, 3.05) is 33.1 Å². The third-order valence-corrected chi connectivity index (χ3v) is 4.34. The zero-order valence-electron chi connectivity index (χ0n) is 15.5. The Labute approximate surface area is 154 Å². The second kappa shape index (κ2) is 8.17. The van der Waals surface area contributed by atoms with Gasteiger partial charge in [0.1, 0.15) is 0 Å². The molecule has 0 radical (unpaired) electrons. The molecule has 1 heterocycles. The Hall–Kier alpha value is -2.63. The Kier molecular flexibility index (Phi) is 5.71. The summed E-state index contributed by atoms with van der Waals surface area (Å²) in [6.45, 7) is 2.47. The van der Waals surface area contributed by atoms with Gasteiger partial charge in [-0.3, -0.25) is 4.79 Å². The van der Waals surface area contributed by atoms with E-state index < -0.39 is 0 Å². The minimum Gasteiger partial charge on any atom is -0.380 e. The van der Waals surface area contributed by atoms with Gasteiger partial charge in [-0.05, 0) is 56.1 Å². The van der Waals surface area contributed by atoms with E-state index in [0.717, 1.165) is 29.7 Å². The highest BCUT2D eigenvalue weighted by atomic mass is 16.5. The van der Waals surface area contributed by atoms with Crippen LogP contribution in [-0.4, -0.2) is 43.1 Å². The Balaban J connectivity index is 1.71. The van der Waals surface area contributed by atoms with Crippen molar-refractivity contribution in [2.24, 2.45) is 0 Å². The highest BCUT2D eigenvalue weighted by Gasteiger charge is 2.08. The molecule has 3 aromatic rings. The summed E-state index contributed by atoms with van der Waals surface area (Å²) in [5.74, 6) is -0.111. The molecular formula is C21H25N3O2. The number of benzene rings is 2. The van der Waals surface area contributed by atoms with Crippen LogP contribution in [0, 0.1) is 0 Å². The number of methoxy groups -OCH3 is 1. The average Bonchev–Trinajstić information content (AvgIpc) is 3.03. The van der Waals surface area contributed by atoms with Crippen LogP contribution in [0.4, 0.5) is 5.69 Å². The van der Waals surface area contributed by atoms with E-state index in [2.05, 4.69) is 47.2 Å². The van der Waals surface area contributed by atoms with Crippen LogP contribution < -0.4 is 5.32 Å². The molecule has 1 amide bonds. The van der Waals surface area contributed by atoms with Gasteiger partial charge in [0.25, 0.3) is 5.91 Å². The molecule has 0 saturated carbocycles. The largest absolute Gasteiger partial charge is 0.380 e. The summed E-state index contributed by atoms with van der Waals surface area (Å²) in [5.41, 5.74) is 3.65. The molecule has 2 aromatic carbocycles. The number of fused-ring (bicyclic) bond motifs is 1. The van der Waals surface area contributed by atoms with Crippen molar-refractivity contribution >= 4 is 22.5 Å². The minimum absolute atomic E-state index is 0.111. The Morgan fingerprint density at radius 3 is 2.58 bits per heavy atom. The van der Waals surface area contributed by atoms with Crippen molar-refractivity contribution in [3.05, 3.63) is 65.9 Å². The second-order valence-corrected chi connectivity index (χ2v) is 6.67. The second-order valence-electron chi connectivity index (χ2n) is 6.67. The molecule has 5 nitrogen and oxygen atoms in total. The zero-order chi connectivity index (χ0) is 18.5. The zero-order valence-corrected chi connectivity index (χ0v) is 15.5. The van der Waals surface area contributed by atoms with E-state index in [-0.39, 0.29) is 5.91 Å². The number of carbonyl (C=O) groups excluding carboxylic acids is 1. The number of nitrogens with zero attached hydrogens (tertiary/aromatic N) is 2. The van der Waals surface area contributed by atoms with E-state index in [1.165, 1.54) is 5.52 Å². The molecule has 0 aliphatic rings. The molecule has 1 aromatic heterocycles. The van der Waals surface area contributed by atoms with E-state index in [9.17, 15) is 4.79 Å². The number of ether oxygens (including phenoxy) is 1. The maximum absolute atomic E-state index is 12.4. The number of hydrogen-bond donors (Lipinski definition) is 1. The van der Waals surface area contributed by atoms with Gasteiger partial charge in [-0.25, -0.2) is 0 Å². The number of likely N-dealkylation sites (N-methyl/N-ethyl adjacent to an activating group) is 1. The Morgan fingerprint density at radius 2 is 1.88 bits per heavy atom. The number of aromatic nitrogens is 1. The monoisotopic (exact) mass is 351 g/mol. The first kappa shape index (κ1) is 18.2. The fraction of sp³-hybridized carbons (Fsp3) is 0.286.